The van der Waals surface area contributed by atoms with Gasteiger partial charge in [-0.15, -0.1) is 0 Å². The average molecular weight is 525 g/mol. The van der Waals surface area contributed by atoms with Gasteiger partial charge < -0.3 is 14.6 Å². The monoisotopic (exact) mass is 524 g/mol. The number of aromatic nitrogens is 1. The van der Waals surface area contributed by atoms with E-state index in [9.17, 15) is 14.9 Å². The lowest BCUT2D eigenvalue weighted by molar-refractivity contribution is -0.384. The molecule has 0 atom stereocenters. The number of carbonyl (C=O) groups is 1. The van der Waals surface area contributed by atoms with Gasteiger partial charge in [0.25, 0.3) is 11.6 Å². The third kappa shape index (κ3) is 5.15. The van der Waals surface area contributed by atoms with Crippen molar-refractivity contribution in [2.75, 3.05) is 23.3 Å². The molecule has 0 spiro atoms. The zero-order valence-electron chi connectivity index (χ0n) is 19.2. The third-order valence-electron chi connectivity index (χ3n) is 6.15. The summed E-state index contributed by atoms with van der Waals surface area (Å²) in [7, 11) is 0. The van der Waals surface area contributed by atoms with Gasteiger partial charge >= 0.3 is 0 Å². The number of carbonyl (C=O) groups excluding carboxylic acids is 1. The zero-order chi connectivity index (χ0) is 25.2. The number of halogens is 2. The van der Waals surface area contributed by atoms with Gasteiger partial charge in [0, 0.05) is 41.9 Å². The van der Waals surface area contributed by atoms with E-state index in [1.54, 1.807) is 36.4 Å². The molecular weight excluding hydrogens is 503 g/mol. The minimum Gasteiger partial charge on any atom is -0.439 e. The maximum Gasteiger partial charge on any atom is 0.293 e. The highest BCUT2D eigenvalue weighted by molar-refractivity contribution is 6.37. The summed E-state index contributed by atoms with van der Waals surface area (Å²) in [5.74, 6) is 0.0774. The number of nitrogens with one attached hydrogen (secondary N) is 1. The van der Waals surface area contributed by atoms with Crippen molar-refractivity contribution in [3.8, 4) is 0 Å². The first-order valence-electron chi connectivity index (χ1n) is 11.6. The van der Waals surface area contributed by atoms with Crippen LogP contribution in [-0.2, 0) is 6.42 Å². The fourth-order valence-corrected chi connectivity index (χ4v) is 4.90. The molecule has 0 unspecified atom stereocenters. The van der Waals surface area contributed by atoms with Gasteiger partial charge in [-0.05, 0) is 61.2 Å². The topological polar surface area (TPSA) is 102 Å². The van der Waals surface area contributed by atoms with Crippen LogP contribution in [0.5, 0.6) is 0 Å². The van der Waals surface area contributed by atoms with Crippen LogP contribution in [0.15, 0.2) is 59.0 Å². The first-order chi connectivity index (χ1) is 17.4. The number of piperidine rings is 1. The van der Waals surface area contributed by atoms with Gasteiger partial charge in [-0.1, -0.05) is 35.3 Å². The van der Waals surface area contributed by atoms with Crippen LogP contribution in [0.1, 0.15) is 41.1 Å². The lowest BCUT2D eigenvalue weighted by Gasteiger charge is -2.28. The normalized spacial score (nSPS) is 13.7. The summed E-state index contributed by atoms with van der Waals surface area (Å²) in [6.45, 7) is 1.56. The Kier molecular flexibility index (Phi) is 6.80. The van der Waals surface area contributed by atoms with Gasteiger partial charge in [-0.3, -0.25) is 14.9 Å². The smallest absolute Gasteiger partial charge is 0.293 e. The second kappa shape index (κ2) is 10.2. The highest BCUT2D eigenvalue weighted by Crippen LogP contribution is 2.32. The minimum atomic E-state index is -0.428. The summed E-state index contributed by atoms with van der Waals surface area (Å²) in [4.78, 5) is 30.5. The Labute approximate surface area is 217 Å². The second-order valence-electron chi connectivity index (χ2n) is 8.68. The highest BCUT2D eigenvalue weighted by Gasteiger charge is 2.23. The molecule has 1 aliphatic heterocycles. The molecular formula is C26H22Cl2N4O4. The van der Waals surface area contributed by atoms with E-state index in [1.165, 1.54) is 6.07 Å². The van der Waals surface area contributed by atoms with E-state index in [0.717, 1.165) is 37.9 Å². The molecule has 184 valence electrons. The number of hydrogen-bond donors (Lipinski definition) is 1. The van der Waals surface area contributed by atoms with E-state index in [0.29, 0.717) is 44.8 Å². The maximum atomic E-state index is 12.8. The van der Waals surface area contributed by atoms with E-state index in [2.05, 4.69) is 10.3 Å². The van der Waals surface area contributed by atoms with E-state index in [1.807, 2.05) is 17.0 Å². The number of nitro groups is 1. The number of hydrogen-bond acceptors (Lipinski definition) is 6. The van der Waals surface area contributed by atoms with Crippen LogP contribution >= 0.6 is 23.2 Å². The molecule has 1 fully saturated rings. The molecule has 2 heterocycles. The Morgan fingerprint density at radius 3 is 2.53 bits per heavy atom. The van der Waals surface area contributed by atoms with E-state index in [-0.39, 0.29) is 11.3 Å². The Bertz CT molecular complexity index is 1450. The van der Waals surface area contributed by atoms with Crippen molar-refractivity contribution in [1.29, 1.82) is 0 Å². The van der Waals surface area contributed by atoms with E-state index < -0.39 is 10.8 Å². The lowest BCUT2D eigenvalue weighted by atomic mass is 10.1. The molecule has 4 aromatic rings. The average Bonchev–Trinajstić information content (AvgIpc) is 3.28. The lowest BCUT2D eigenvalue weighted by Crippen LogP contribution is -2.30. The number of nitrogens with zero attached hydrogens (tertiary/aromatic N) is 3. The molecule has 1 aromatic heterocycles. The third-order valence-corrected chi connectivity index (χ3v) is 6.65. The molecule has 3 aromatic carbocycles. The van der Waals surface area contributed by atoms with Crippen molar-refractivity contribution < 1.29 is 14.1 Å². The second-order valence-corrected chi connectivity index (χ2v) is 9.52. The molecule has 0 bridgehead atoms. The number of nitro benzene ring substituents is 1. The minimum absolute atomic E-state index is 0.0559. The van der Waals surface area contributed by atoms with Crippen molar-refractivity contribution >= 4 is 57.3 Å². The van der Waals surface area contributed by atoms with Crippen molar-refractivity contribution in [2.24, 2.45) is 0 Å². The number of benzene rings is 3. The van der Waals surface area contributed by atoms with E-state index >= 15 is 0 Å². The van der Waals surface area contributed by atoms with Gasteiger partial charge in [0.15, 0.2) is 11.5 Å². The molecule has 1 amide bonds. The number of amides is 1. The Hall–Kier alpha value is -3.62. The van der Waals surface area contributed by atoms with Gasteiger partial charge in [0.1, 0.15) is 11.2 Å². The van der Waals surface area contributed by atoms with E-state index in [4.69, 9.17) is 27.6 Å². The van der Waals surface area contributed by atoms with Crippen LogP contribution in [-0.4, -0.2) is 28.9 Å². The van der Waals surface area contributed by atoms with Crippen molar-refractivity contribution in [1.82, 2.24) is 4.98 Å². The molecule has 1 aliphatic rings. The predicted molar refractivity (Wildman–Crippen MR) is 140 cm³/mol. The standard InChI is InChI=1S/C26H22Cl2N4O4/c27-18-14-20(28)25-21(15-18)30-24(36-25)12-16-4-7-19(8-5-16)29-26(33)17-6-9-22(23(13-17)32(34)35)31-10-2-1-3-11-31/h4-9,13-15H,1-3,10-12H2,(H,29,33). The number of oxazole rings is 1. The Balaban J connectivity index is 1.28. The fraction of sp³-hybridized carbons (Fsp3) is 0.231. The number of anilines is 2. The zero-order valence-corrected chi connectivity index (χ0v) is 20.7. The van der Waals surface area contributed by atoms with Crippen LogP contribution < -0.4 is 10.2 Å². The van der Waals surface area contributed by atoms with Gasteiger partial charge in [0.2, 0.25) is 0 Å². The predicted octanol–water partition coefficient (Wildman–Crippen LogP) is 6.88. The molecule has 0 radical (unpaired) electrons. The summed E-state index contributed by atoms with van der Waals surface area (Å²) < 4.78 is 5.76. The van der Waals surface area contributed by atoms with Gasteiger partial charge in [-0.2, -0.15) is 0 Å². The molecule has 8 nitrogen and oxygen atoms in total. The molecule has 5 rings (SSSR count). The summed E-state index contributed by atoms with van der Waals surface area (Å²) in [6, 6.07) is 15.2. The summed E-state index contributed by atoms with van der Waals surface area (Å²) in [6.07, 6.45) is 3.57. The van der Waals surface area contributed by atoms with Crippen LogP contribution in [0.25, 0.3) is 11.1 Å². The quantitative estimate of drug-likeness (QED) is 0.218. The molecule has 1 saturated heterocycles. The van der Waals surface area contributed by atoms with Crippen molar-refractivity contribution in [3.63, 3.8) is 0 Å². The fourth-order valence-electron chi connectivity index (χ4n) is 4.38. The maximum absolute atomic E-state index is 12.8. The van der Waals surface area contributed by atoms with Gasteiger partial charge in [-0.25, -0.2) is 4.98 Å². The van der Waals surface area contributed by atoms with Crippen molar-refractivity contribution in [3.05, 3.63) is 91.8 Å². The van der Waals surface area contributed by atoms with Crippen LogP contribution in [0, 0.1) is 10.1 Å². The van der Waals surface area contributed by atoms with Crippen LogP contribution in [0.2, 0.25) is 10.0 Å². The number of rotatable bonds is 6. The Morgan fingerprint density at radius 1 is 1.06 bits per heavy atom. The molecule has 10 heteroatoms. The number of fused-ring (bicyclic) bond motifs is 1. The first kappa shape index (κ1) is 24.1. The molecule has 36 heavy (non-hydrogen) atoms. The molecule has 0 saturated carbocycles. The molecule has 0 aliphatic carbocycles. The van der Waals surface area contributed by atoms with Crippen LogP contribution in [0.4, 0.5) is 17.1 Å². The van der Waals surface area contributed by atoms with Gasteiger partial charge in [0.05, 0.1) is 9.95 Å². The first-order valence-corrected chi connectivity index (χ1v) is 12.3. The summed E-state index contributed by atoms with van der Waals surface area (Å²) >= 11 is 12.2. The van der Waals surface area contributed by atoms with Crippen LogP contribution in [0.3, 0.4) is 0 Å². The SMILES string of the molecule is O=C(Nc1ccc(Cc2nc3cc(Cl)cc(Cl)c3o2)cc1)c1ccc(N2CCCCC2)c([N+](=O)[O-])c1. The molecule has 1 N–H and O–H groups in total. The highest BCUT2D eigenvalue weighted by atomic mass is 35.5. The Morgan fingerprint density at radius 2 is 1.81 bits per heavy atom. The summed E-state index contributed by atoms with van der Waals surface area (Å²) in [5, 5.41) is 15.4. The summed E-state index contributed by atoms with van der Waals surface area (Å²) in [5.41, 5.74) is 3.30. The largest absolute Gasteiger partial charge is 0.439 e. The van der Waals surface area contributed by atoms with Crippen molar-refractivity contribution in [2.45, 2.75) is 25.7 Å².